The number of anilines is 3. The SMILES string of the molecule is CC1(C)c2ccccc2-c2ccc(N(c3ccc(-c4ccccc4)cc3)c3cc4c(c5c3Oc3ccccc3S5)-c3ccccc3C43c4ccccc4-c4ccccc43)cc21. The van der Waals surface area contributed by atoms with Crippen LogP contribution in [0, 0.1) is 0 Å². The largest absolute Gasteiger partial charge is 0.453 e. The van der Waals surface area contributed by atoms with Gasteiger partial charge in [-0.15, -0.1) is 0 Å². The molecule has 9 aromatic carbocycles. The van der Waals surface area contributed by atoms with Gasteiger partial charge in [0.05, 0.1) is 20.9 Å². The van der Waals surface area contributed by atoms with Gasteiger partial charge in [-0.2, -0.15) is 0 Å². The Bertz CT molecular complexity index is 3240. The summed E-state index contributed by atoms with van der Waals surface area (Å²) in [6, 6.07) is 74.0. The van der Waals surface area contributed by atoms with Crippen LogP contribution in [-0.4, -0.2) is 0 Å². The third-order valence-electron chi connectivity index (χ3n) is 13.7. The Morgan fingerprint density at radius 2 is 0.951 bits per heavy atom. The zero-order valence-electron chi connectivity index (χ0n) is 33.8. The minimum Gasteiger partial charge on any atom is -0.453 e. The van der Waals surface area contributed by atoms with Gasteiger partial charge in [-0.05, 0) is 115 Å². The molecule has 0 amide bonds. The summed E-state index contributed by atoms with van der Waals surface area (Å²) in [4.78, 5) is 4.73. The summed E-state index contributed by atoms with van der Waals surface area (Å²) < 4.78 is 7.28. The van der Waals surface area contributed by atoms with Crippen LogP contribution in [0.1, 0.15) is 47.2 Å². The molecule has 288 valence electrons. The maximum atomic E-state index is 7.28. The molecule has 3 heteroatoms. The first-order chi connectivity index (χ1) is 30.0. The van der Waals surface area contributed by atoms with Crippen molar-refractivity contribution >= 4 is 28.8 Å². The molecule has 0 radical (unpaired) electrons. The minimum absolute atomic E-state index is 0.170. The van der Waals surface area contributed by atoms with E-state index in [1.807, 2.05) is 11.8 Å². The Hall–Kier alpha value is -7.07. The van der Waals surface area contributed by atoms with Gasteiger partial charge in [0.15, 0.2) is 5.75 Å². The molecule has 61 heavy (non-hydrogen) atoms. The highest BCUT2D eigenvalue weighted by Crippen LogP contribution is 2.68. The number of ether oxygens (including phenoxy) is 1. The third kappa shape index (κ3) is 4.70. The lowest BCUT2D eigenvalue weighted by Crippen LogP contribution is -2.26. The molecule has 9 aromatic rings. The summed E-state index contributed by atoms with van der Waals surface area (Å²) >= 11 is 1.84. The van der Waals surface area contributed by atoms with Crippen LogP contribution >= 0.6 is 11.8 Å². The molecule has 0 unspecified atom stereocenters. The monoisotopic (exact) mass is 797 g/mol. The van der Waals surface area contributed by atoms with Gasteiger partial charge in [-0.25, -0.2) is 0 Å². The number of hydrogen-bond donors (Lipinski definition) is 0. The number of fused-ring (bicyclic) bond motifs is 16. The fourth-order valence-corrected chi connectivity index (χ4v) is 12.2. The van der Waals surface area contributed by atoms with Gasteiger partial charge in [0, 0.05) is 22.4 Å². The molecule has 0 saturated carbocycles. The van der Waals surface area contributed by atoms with Crippen LogP contribution in [0.4, 0.5) is 17.1 Å². The van der Waals surface area contributed by atoms with E-state index in [2.05, 4.69) is 219 Å². The lowest BCUT2D eigenvalue weighted by molar-refractivity contribution is 0.456. The van der Waals surface area contributed by atoms with Gasteiger partial charge in [0.1, 0.15) is 5.75 Å². The first-order valence-electron chi connectivity index (χ1n) is 21.2. The Morgan fingerprint density at radius 3 is 1.66 bits per heavy atom. The molecule has 1 heterocycles. The zero-order chi connectivity index (χ0) is 40.5. The van der Waals surface area contributed by atoms with Crippen molar-refractivity contribution in [2.45, 2.75) is 34.5 Å². The smallest absolute Gasteiger partial charge is 0.166 e. The highest BCUT2D eigenvalue weighted by molar-refractivity contribution is 7.99. The van der Waals surface area contributed by atoms with Gasteiger partial charge in [-0.3, -0.25) is 0 Å². The lowest BCUT2D eigenvalue weighted by atomic mass is 9.70. The Morgan fingerprint density at radius 1 is 0.426 bits per heavy atom. The molecule has 4 aliphatic rings. The third-order valence-corrected chi connectivity index (χ3v) is 14.9. The van der Waals surface area contributed by atoms with E-state index < -0.39 is 5.41 Å². The molecule has 13 rings (SSSR count). The highest BCUT2D eigenvalue weighted by atomic mass is 32.2. The fourth-order valence-electron chi connectivity index (χ4n) is 11.1. The van der Waals surface area contributed by atoms with Crippen LogP contribution in [0.25, 0.3) is 44.5 Å². The predicted octanol–water partition coefficient (Wildman–Crippen LogP) is 15.7. The van der Waals surface area contributed by atoms with Crippen molar-refractivity contribution in [2.24, 2.45) is 0 Å². The molecule has 0 aromatic heterocycles. The van der Waals surface area contributed by atoms with E-state index in [0.717, 1.165) is 38.4 Å². The lowest BCUT2D eigenvalue weighted by Gasteiger charge is -2.35. The molecule has 0 N–H and O–H groups in total. The van der Waals surface area contributed by atoms with Crippen LogP contribution < -0.4 is 9.64 Å². The molecular weight excluding hydrogens is 759 g/mol. The number of nitrogens with zero attached hydrogens (tertiary/aromatic N) is 1. The van der Waals surface area contributed by atoms with Gasteiger partial charge in [0.2, 0.25) is 0 Å². The van der Waals surface area contributed by atoms with E-state index in [1.165, 1.54) is 77.9 Å². The second-order valence-corrected chi connectivity index (χ2v) is 18.2. The number of benzene rings is 9. The van der Waals surface area contributed by atoms with Crippen LogP contribution in [0.5, 0.6) is 11.5 Å². The topological polar surface area (TPSA) is 12.5 Å². The molecular formula is C58H39NOS. The average Bonchev–Trinajstić information content (AvgIpc) is 3.87. The highest BCUT2D eigenvalue weighted by Gasteiger charge is 2.53. The van der Waals surface area contributed by atoms with Crippen LogP contribution in [-0.2, 0) is 10.8 Å². The second-order valence-electron chi connectivity index (χ2n) is 17.2. The van der Waals surface area contributed by atoms with Crippen molar-refractivity contribution in [1.29, 1.82) is 0 Å². The summed E-state index contributed by atoms with van der Waals surface area (Å²) in [5.74, 6) is 1.76. The van der Waals surface area contributed by atoms with E-state index in [0.29, 0.717) is 0 Å². The molecule has 1 spiro atoms. The van der Waals surface area contributed by atoms with Gasteiger partial charge < -0.3 is 9.64 Å². The first-order valence-corrected chi connectivity index (χ1v) is 22.0. The van der Waals surface area contributed by atoms with E-state index in [-0.39, 0.29) is 5.41 Å². The van der Waals surface area contributed by atoms with E-state index in [9.17, 15) is 0 Å². The Kier molecular flexibility index (Phi) is 7.25. The van der Waals surface area contributed by atoms with Crippen molar-refractivity contribution in [3.05, 3.63) is 234 Å². The Labute approximate surface area is 360 Å². The zero-order valence-corrected chi connectivity index (χ0v) is 34.6. The summed E-state index contributed by atoms with van der Waals surface area (Å²) in [7, 11) is 0. The number of para-hydroxylation sites is 1. The van der Waals surface area contributed by atoms with Crippen molar-refractivity contribution in [3.8, 4) is 56.0 Å². The van der Waals surface area contributed by atoms with Gasteiger partial charge >= 0.3 is 0 Å². The Balaban J connectivity index is 1.13. The normalized spacial score (nSPS) is 14.7. The number of rotatable bonds is 4. The van der Waals surface area contributed by atoms with Crippen molar-refractivity contribution in [2.75, 3.05) is 4.90 Å². The van der Waals surface area contributed by atoms with Crippen molar-refractivity contribution in [1.82, 2.24) is 0 Å². The van der Waals surface area contributed by atoms with E-state index >= 15 is 0 Å². The average molecular weight is 798 g/mol. The van der Waals surface area contributed by atoms with Crippen molar-refractivity contribution in [3.63, 3.8) is 0 Å². The van der Waals surface area contributed by atoms with Gasteiger partial charge in [0.25, 0.3) is 0 Å². The van der Waals surface area contributed by atoms with E-state index in [1.54, 1.807) is 0 Å². The molecule has 0 fully saturated rings. The minimum atomic E-state index is -0.523. The predicted molar refractivity (Wildman–Crippen MR) is 251 cm³/mol. The second kappa shape index (κ2) is 12.7. The number of hydrogen-bond acceptors (Lipinski definition) is 3. The molecule has 2 nitrogen and oxygen atoms in total. The molecule has 3 aliphatic carbocycles. The summed E-state index contributed by atoms with van der Waals surface area (Å²) in [5, 5.41) is 0. The van der Waals surface area contributed by atoms with Crippen LogP contribution in [0.2, 0.25) is 0 Å². The molecule has 1 aliphatic heterocycles. The molecule has 0 atom stereocenters. The summed E-state index contributed by atoms with van der Waals surface area (Å²) in [6.07, 6.45) is 0. The molecule has 0 bridgehead atoms. The van der Waals surface area contributed by atoms with Gasteiger partial charge in [-0.1, -0.05) is 183 Å². The standard InChI is InChI=1S/C58H39NOS/c1-57(2)45-22-10-6-18-40(45)43-33-32-39(34-49(43)57)59(38-30-28-37(29-31-38)36-16-4-3-5-17-36)51-35-50-54(56-55(51)60-52-26-14-15-27-53(52)61-56)44-21-9-13-25-48(44)58(50)46-23-11-7-19-41(46)42-20-8-12-24-47(42)58/h3-35H,1-2H3. The quantitative estimate of drug-likeness (QED) is 0.176. The van der Waals surface area contributed by atoms with Crippen LogP contribution in [0.15, 0.2) is 210 Å². The van der Waals surface area contributed by atoms with E-state index in [4.69, 9.17) is 4.74 Å². The maximum Gasteiger partial charge on any atom is 0.166 e. The van der Waals surface area contributed by atoms with Crippen LogP contribution in [0.3, 0.4) is 0 Å². The summed E-state index contributed by atoms with van der Waals surface area (Å²) in [5.41, 5.74) is 20.5. The maximum absolute atomic E-state index is 7.28. The first kappa shape index (κ1) is 34.8. The van der Waals surface area contributed by atoms with Crippen molar-refractivity contribution < 1.29 is 4.74 Å². The molecule has 0 saturated heterocycles. The summed E-state index contributed by atoms with van der Waals surface area (Å²) in [6.45, 7) is 4.73. The fraction of sp³-hybridized carbons (Fsp3) is 0.0690.